The number of esters is 1. The number of benzene rings is 2. The first-order valence-corrected chi connectivity index (χ1v) is 8.78. The Morgan fingerprint density at radius 1 is 0.839 bits per heavy atom. The number of aliphatic hydroxyl groups is 1. The fraction of sp³-hybridized carbons (Fsp3) is 0.250. The minimum atomic E-state index is -0.619. The fourth-order valence-corrected chi connectivity index (χ4v) is 2.42. The number of nitro benzene ring substituents is 2. The summed E-state index contributed by atoms with van der Waals surface area (Å²) in [6.07, 6.45) is 0. The van der Waals surface area contributed by atoms with Crippen molar-refractivity contribution in [2.45, 2.75) is 34.0 Å². The van der Waals surface area contributed by atoms with Gasteiger partial charge in [0.05, 0.1) is 27.6 Å². The summed E-state index contributed by atoms with van der Waals surface area (Å²) in [5.74, 6) is -1.24. The van der Waals surface area contributed by atoms with Gasteiger partial charge in [0.15, 0.2) is 11.6 Å². The van der Waals surface area contributed by atoms with E-state index in [0.717, 1.165) is 0 Å². The van der Waals surface area contributed by atoms with Gasteiger partial charge in [-0.3, -0.25) is 34.6 Å². The van der Waals surface area contributed by atoms with Crippen LogP contribution in [0.3, 0.4) is 0 Å². The molecule has 0 aliphatic rings. The van der Waals surface area contributed by atoms with Crippen molar-refractivity contribution < 1.29 is 34.1 Å². The fourth-order valence-electron chi connectivity index (χ4n) is 2.42. The molecule has 164 valence electrons. The van der Waals surface area contributed by atoms with Gasteiger partial charge in [-0.15, -0.1) is 0 Å². The molecule has 0 bridgehead atoms. The summed E-state index contributed by atoms with van der Waals surface area (Å²) >= 11 is 0. The Morgan fingerprint density at radius 3 is 1.61 bits per heavy atom. The Labute approximate surface area is 176 Å². The maximum absolute atomic E-state index is 11.2. The third kappa shape index (κ3) is 7.40. The van der Waals surface area contributed by atoms with Gasteiger partial charge < -0.3 is 9.84 Å². The predicted octanol–water partition coefficient (Wildman–Crippen LogP) is 3.15. The number of ketones is 2. The standard InChI is InChI=1S/C11H11NO5.C9H9NO4/c1-7(13)10-5-9(6-17-8(2)14)3-4-11(10)12(15)16;1-6(12)8-4-7(5-11)2-3-9(8)10(13)14/h3-5H,6H2,1-2H3;2-4,11H,5H2,1H3. The van der Waals surface area contributed by atoms with Gasteiger partial charge in [0.1, 0.15) is 6.61 Å². The first kappa shape index (κ1) is 25.0. The first-order valence-electron chi connectivity index (χ1n) is 8.78. The quantitative estimate of drug-likeness (QED) is 0.299. The van der Waals surface area contributed by atoms with Crippen molar-refractivity contribution in [3.8, 4) is 0 Å². The zero-order valence-electron chi connectivity index (χ0n) is 17.0. The van der Waals surface area contributed by atoms with E-state index in [1.165, 1.54) is 57.2 Å². The molecule has 0 heterocycles. The first-order chi connectivity index (χ1) is 14.5. The second kappa shape index (κ2) is 11.3. The number of nitrogens with zero attached hydrogens (tertiary/aromatic N) is 2. The number of hydrogen-bond donors (Lipinski definition) is 1. The highest BCUT2D eigenvalue weighted by molar-refractivity contribution is 5.98. The number of aliphatic hydroxyl groups excluding tert-OH is 1. The SMILES string of the molecule is CC(=O)OCc1ccc([N+](=O)[O-])c(C(C)=O)c1.CC(=O)c1cc(CO)ccc1[N+](=O)[O-]. The van der Waals surface area contributed by atoms with Crippen LogP contribution in [0.1, 0.15) is 52.6 Å². The molecule has 0 unspecified atom stereocenters. The molecule has 0 atom stereocenters. The molecule has 31 heavy (non-hydrogen) atoms. The highest BCUT2D eigenvalue weighted by atomic mass is 16.6. The van der Waals surface area contributed by atoms with Crippen molar-refractivity contribution in [1.29, 1.82) is 0 Å². The second-order valence-electron chi connectivity index (χ2n) is 6.27. The van der Waals surface area contributed by atoms with Crippen LogP contribution in [0.15, 0.2) is 36.4 Å². The van der Waals surface area contributed by atoms with Gasteiger partial charge in [-0.2, -0.15) is 0 Å². The van der Waals surface area contributed by atoms with Crippen LogP contribution in [0.4, 0.5) is 11.4 Å². The normalized spacial score (nSPS) is 9.81. The summed E-state index contributed by atoms with van der Waals surface area (Å²) in [7, 11) is 0. The molecule has 11 heteroatoms. The molecular formula is C20H20N2O9. The van der Waals surface area contributed by atoms with Crippen LogP contribution in [-0.4, -0.2) is 32.5 Å². The minimum absolute atomic E-state index is 0.00634. The number of nitro groups is 2. The van der Waals surface area contributed by atoms with Gasteiger partial charge in [-0.1, -0.05) is 0 Å². The van der Waals surface area contributed by atoms with Gasteiger partial charge in [-0.05, 0) is 49.2 Å². The van der Waals surface area contributed by atoms with Crippen LogP contribution in [-0.2, 0) is 22.7 Å². The lowest BCUT2D eigenvalue weighted by molar-refractivity contribution is -0.385. The maximum atomic E-state index is 11.2. The van der Waals surface area contributed by atoms with Crippen molar-refractivity contribution in [2.24, 2.45) is 0 Å². The van der Waals surface area contributed by atoms with Gasteiger partial charge in [0.2, 0.25) is 0 Å². The van der Waals surface area contributed by atoms with Gasteiger partial charge in [0.25, 0.3) is 11.4 Å². The number of carbonyl (C=O) groups excluding carboxylic acids is 3. The van der Waals surface area contributed by atoms with Crippen LogP contribution in [0, 0.1) is 20.2 Å². The van der Waals surface area contributed by atoms with E-state index in [1.54, 1.807) is 0 Å². The van der Waals surface area contributed by atoms with Gasteiger partial charge in [0, 0.05) is 19.1 Å². The second-order valence-corrected chi connectivity index (χ2v) is 6.27. The van der Waals surface area contributed by atoms with Crippen molar-refractivity contribution >= 4 is 28.9 Å². The number of ether oxygens (including phenoxy) is 1. The lowest BCUT2D eigenvalue weighted by Gasteiger charge is -2.04. The molecule has 0 fully saturated rings. The predicted molar refractivity (Wildman–Crippen MR) is 108 cm³/mol. The van der Waals surface area contributed by atoms with E-state index in [-0.39, 0.29) is 41.5 Å². The summed E-state index contributed by atoms with van der Waals surface area (Å²) in [5.41, 5.74) is 0.594. The number of carbonyl (C=O) groups is 3. The molecule has 0 radical (unpaired) electrons. The molecule has 0 saturated heterocycles. The number of rotatable bonds is 7. The number of Topliss-reactive ketones (excluding diaryl/α,β-unsaturated/α-hetero) is 2. The summed E-state index contributed by atoms with van der Waals surface area (Å²) < 4.78 is 4.74. The van der Waals surface area contributed by atoms with Crippen molar-refractivity contribution in [3.05, 3.63) is 78.9 Å². The maximum Gasteiger partial charge on any atom is 0.302 e. The summed E-state index contributed by atoms with van der Waals surface area (Å²) in [5, 5.41) is 30.0. The zero-order chi connectivity index (χ0) is 23.7. The molecule has 0 amide bonds. The average Bonchev–Trinajstić information content (AvgIpc) is 2.71. The molecule has 0 saturated carbocycles. The van der Waals surface area contributed by atoms with E-state index in [0.29, 0.717) is 11.1 Å². The summed E-state index contributed by atoms with van der Waals surface area (Å²) in [6.45, 7) is 3.52. The molecule has 2 rings (SSSR count). The van der Waals surface area contributed by atoms with Crippen LogP contribution in [0.5, 0.6) is 0 Å². The largest absolute Gasteiger partial charge is 0.461 e. The third-order valence-electron chi connectivity index (χ3n) is 3.90. The lowest BCUT2D eigenvalue weighted by atomic mass is 10.1. The third-order valence-corrected chi connectivity index (χ3v) is 3.90. The van der Waals surface area contributed by atoms with Crippen LogP contribution >= 0.6 is 0 Å². The Balaban J connectivity index is 0.000000316. The van der Waals surface area contributed by atoms with Crippen LogP contribution in [0.25, 0.3) is 0 Å². The van der Waals surface area contributed by atoms with Gasteiger partial charge >= 0.3 is 5.97 Å². The van der Waals surface area contributed by atoms with E-state index in [9.17, 15) is 34.6 Å². The molecular weight excluding hydrogens is 412 g/mol. The summed E-state index contributed by atoms with van der Waals surface area (Å²) in [4.78, 5) is 52.9. The van der Waals surface area contributed by atoms with Crippen molar-refractivity contribution in [2.75, 3.05) is 0 Å². The monoisotopic (exact) mass is 432 g/mol. The molecule has 0 aliphatic heterocycles. The topological polar surface area (TPSA) is 167 Å². The molecule has 1 N–H and O–H groups in total. The molecule has 0 aliphatic carbocycles. The highest BCUT2D eigenvalue weighted by Crippen LogP contribution is 2.21. The van der Waals surface area contributed by atoms with Crippen molar-refractivity contribution in [1.82, 2.24) is 0 Å². The molecule has 2 aromatic rings. The molecule has 0 aromatic heterocycles. The van der Waals surface area contributed by atoms with Gasteiger partial charge in [-0.25, -0.2) is 0 Å². The van der Waals surface area contributed by atoms with E-state index < -0.39 is 21.6 Å². The zero-order valence-corrected chi connectivity index (χ0v) is 17.0. The minimum Gasteiger partial charge on any atom is -0.461 e. The van der Waals surface area contributed by atoms with Crippen molar-refractivity contribution in [3.63, 3.8) is 0 Å². The molecule has 0 spiro atoms. The Bertz CT molecular complexity index is 1030. The number of hydrogen-bond acceptors (Lipinski definition) is 9. The van der Waals surface area contributed by atoms with E-state index >= 15 is 0 Å². The highest BCUT2D eigenvalue weighted by Gasteiger charge is 2.18. The Hall–Kier alpha value is -3.99. The van der Waals surface area contributed by atoms with Crippen LogP contribution < -0.4 is 0 Å². The van der Waals surface area contributed by atoms with Crippen LogP contribution in [0.2, 0.25) is 0 Å². The summed E-state index contributed by atoms with van der Waals surface area (Å²) in [6, 6.07) is 8.03. The molecule has 2 aromatic carbocycles. The average molecular weight is 432 g/mol. The Morgan fingerprint density at radius 2 is 1.26 bits per heavy atom. The van der Waals surface area contributed by atoms with E-state index in [4.69, 9.17) is 9.84 Å². The Kier molecular flexibility index (Phi) is 9.10. The van der Waals surface area contributed by atoms with E-state index in [1.807, 2.05) is 0 Å². The molecule has 11 nitrogen and oxygen atoms in total. The smallest absolute Gasteiger partial charge is 0.302 e. The lowest BCUT2D eigenvalue weighted by Crippen LogP contribution is -2.03. The van der Waals surface area contributed by atoms with E-state index in [2.05, 4.69) is 0 Å².